The molecule has 1 nitrogen and oxygen atoms in total. The fraction of sp³-hybridized carbons (Fsp3) is 0.400. The van der Waals surface area contributed by atoms with Crippen LogP contribution in [0.1, 0.15) is 11.1 Å². The molecule has 0 spiro atoms. The standard InChI is InChI=1S/C10H9F6N/c11-9(12,13)7-3-1-6(2-4-7)5-8(17)10(14,15)16/h1-4,8H,5,17H2/t8-/m1/s1. The molecule has 7 heteroatoms. The Bertz CT molecular complexity index is 364. The van der Waals surface area contributed by atoms with Crippen LogP contribution in [0.2, 0.25) is 0 Å². The third-order valence-corrected chi connectivity index (χ3v) is 2.16. The van der Waals surface area contributed by atoms with E-state index in [2.05, 4.69) is 0 Å². The summed E-state index contributed by atoms with van der Waals surface area (Å²) >= 11 is 0. The number of hydrogen-bond acceptors (Lipinski definition) is 1. The second-order valence-corrected chi connectivity index (χ2v) is 3.55. The van der Waals surface area contributed by atoms with Crippen LogP contribution in [0.25, 0.3) is 0 Å². The molecule has 0 bridgehead atoms. The average molecular weight is 257 g/mol. The monoisotopic (exact) mass is 257 g/mol. The van der Waals surface area contributed by atoms with Gasteiger partial charge in [0, 0.05) is 0 Å². The topological polar surface area (TPSA) is 26.0 Å². The van der Waals surface area contributed by atoms with Gasteiger partial charge < -0.3 is 5.73 Å². The van der Waals surface area contributed by atoms with Crippen LogP contribution in [0.5, 0.6) is 0 Å². The van der Waals surface area contributed by atoms with Crippen molar-refractivity contribution in [2.45, 2.75) is 24.8 Å². The van der Waals surface area contributed by atoms with Crippen LogP contribution in [-0.4, -0.2) is 12.2 Å². The molecule has 1 atom stereocenters. The molecule has 0 aromatic heterocycles. The molecule has 0 fully saturated rings. The van der Waals surface area contributed by atoms with Gasteiger partial charge in [-0.2, -0.15) is 26.3 Å². The molecule has 96 valence electrons. The van der Waals surface area contributed by atoms with E-state index in [-0.39, 0.29) is 5.56 Å². The molecule has 0 unspecified atom stereocenters. The van der Waals surface area contributed by atoms with Gasteiger partial charge in [-0.25, -0.2) is 0 Å². The summed E-state index contributed by atoms with van der Waals surface area (Å²) in [6.45, 7) is 0. The van der Waals surface area contributed by atoms with E-state index < -0.39 is 30.4 Å². The van der Waals surface area contributed by atoms with Gasteiger partial charge in [0.05, 0.1) is 5.56 Å². The summed E-state index contributed by atoms with van der Waals surface area (Å²) in [6.07, 6.45) is -9.59. The zero-order valence-corrected chi connectivity index (χ0v) is 8.44. The quantitative estimate of drug-likeness (QED) is 0.809. The van der Waals surface area contributed by atoms with Crippen LogP contribution < -0.4 is 5.73 Å². The molecule has 0 amide bonds. The van der Waals surface area contributed by atoms with Gasteiger partial charge in [-0.15, -0.1) is 0 Å². The van der Waals surface area contributed by atoms with E-state index >= 15 is 0 Å². The minimum absolute atomic E-state index is 0.114. The third-order valence-electron chi connectivity index (χ3n) is 2.16. The van der Waals surface area contributed by atoms with E-state index in [0.717, 1.165) is 24.3 Å². The summed E-state index contributed by atoms with van der Waals surface area (Å²) in [6, 6.07) is 1.39. The van der Waals surface area contributed by atoms with Gasteiger partial charge >= 0.3 is 12.4 Å². The largest absolute Gasteiger partial charge is 0.416 e. The Labute approximate surface area is 93.2 Å². The van der Waals surface area contributed by atoms with Gasteiger partial charge in [0.15, 0.2) is 0 Å². The fourth-order valence-corrected chi connectivity index (χ4v) is 1.20. The predicted molar refractivity (Wildman–Crippen MR) is 49.2 cm³/mol. The van der Waals surface area contributed by atoms with Crippen molar-refractivity contribution >= 4 is 0 Å². The number of alkyl halides is 6. The van der Waals surface area contributed by atoms with Crippen molar-refractivity contribution < 1.29 is 26.3 Å². The van der Waals surface area contributed by atoms with Gasteiger partial charge in [-0.05, 0) is 24.1 Å². The number of halogens is 6. The molecule has 2 N–H and O–H groups in total. The van der Waals surface area contributed by atoms with Crippen molar-refractivity contribution in [1.82, 2.24) is 0 Å². The van der Waals surface area contributed by atoms with Gasteiger partial charge in [-0.1, -0.05) is 12.1 Å². The van der Waals surface area contributed by atoms with Crippen LogP contribution in [0.3, 0.4) is 0 Å². The highest BCUT2D eigenvalue weighted by atomic mass is 19.4. The maximum atomic E-state index is 12.2. The van der Waals surface area contributed by atoms with Crippen molar-refractivity contribution in [1.29, 1.82) is 0 Å². The van der Waals surface area contributed by atoms with E-state index in [1.165, 1.54) is 0 Å². The molecule has 0 heterocycles. The molecule has 0 saturated carbocycles. The molecule has 0 aliphatic heterocycles. The number of rotatable bonds is 2. The maximum Gasteiger partial charge on any atom is 0.416 e. The van der Waals surface area contributed by atoms with Crippen LogP contribution in [0.4, 0.5) is 26.3 Å². The molecule has 1 rings (SSSR count). The second kappa shape index (κ2) is 4.56. The molecular formula is C10H9F6N. The van der Waals surface area contributed by atoms with Crippen molar-refractivity contribution in [2.75, 3.05) is 0 Å². The Morgan fingerprint density at radius 3 is 1.76 bits per heavy atom. The summed E-state index contributed by atoms with van der Waals surface area (Å²) in [5.41, 5.74) is 4.07. The Hall–Kier alpha value is -1.24. The van der Waals surface area contributed by atoms with Crippen molar-refractivity contribution in [3.05, 3.63) is 35.4 Å². The number of nitrogens with two attached hydrogens (primary N) is 1. The van der Waals surface area contributed by atoms with Crippen LogP contribution in [-0.2, 0) is 12.6 Å². The first-order chi connectivity index (χ1) is 7.60. The van der Waals surface area contributed by atoms with E-state index in [0.29, 0.717) is 0 Å². The smallest absolute Gasteiger partial charge is 0.320 e. The summed E-state index contributed by atoms with van der Waals surface area (Å²) in [5, 5.41) is 0. The lowest BCUT2D eigenvalue weighted by Crippen LogP contribution is -2.39. The molecule has 1 aromatic carbocycles. The normalized spacial score (nSPS) is 14.8. The van der Waals surface area contributed by atoms with Gasteiger partial charge in [0.25, 0.3) is 0 Å². The highest BCUT2D eigenvalue weighted by Gasteiger charge is 2.36. The lowest BCUT2D eigenvalue weighted by molar-refractivity contribution is -0.147. The lowest BCUT2D eigenvalue weighted by atomic mass is 10.0. The van der Waals surface area contributed by atoms with E-state index in [4.69, 9.17) is 5.73 Å². The summed E-state index contributed by atoms with van der Waals surface area (Å²) in [4.78, 5) is 0. The van der Waals surface area contributed by atoms with Crippen molar-refractivity contribution in [2.24, 2.45) is 5.73 Å². The van der Waals surface area contributed by atoms with Gasteiger partial charge in [0.2, 0.25) is 0 Å². The lowest BCUT2D eigenvalue weighted by Gasteiger charge is -2.15. The van der Waals surface area contributed by atoms with Crippen molar-refractivity contribution in [3.63, 3.8) is 0 Å². The Balaban J connectivity index is 2.76. The third kappa shape index (κ3) is 3.92. The molecular weight excluding hydrogens is 248 g/mol. The fourth-order valence-electron chi connectivity index (χ4n) is 1.20. The minimum atomic E-state index is -4.55. The van der Waals surface area contributed by atoms with Gasteiger partial charge in [-0.3, -0.25) is 0 Å². The van der Waals surface area contributed by atoms with E-state index in [1.807, 2.05) is 0 Å². The molecule has 0 radical (unpaired) electrons. The first-order valence-electron chi connectivity index (χ1n) is 4.59. The number of hydrogen-bond donors (Lipinski definition) is 1. The Kier molecular flexibility index (Phi) is 3.71. The second-order valence-electron chi connectivity index (χ2n) is 3.55. The first kappa shape index (κ1) is 13.8. The molecule has 17 heavy (non-hydrogen) atoms. The van der Waals surface area contributed by atoms with Crippen molar-refractivity contribution in [3.8, 4) is 0 Å². The summed E-state index contributed by atoms with van der Waals surface area (Å²) < 4.78 is 72.8. The number of benzene rings is 1. The SMILES string of the molecule is N[C@H](Cc1ccc(C(F)(F)F)cc1)C(F)(F)F. The first-order valence-corrected chi connectivity index (χ1v) is 4.59. The molecule has 0 aliphatic rings. The average Bonchev–Trinajstić information content (AvgIpc) is 2.15. The maximum absolute atomic E-state index is 12.2. The van der Waals surface area contributed by atoms with Crippen LogP contribution >= 0.6 is 0 Å². The highest BCUT2D eigenvalue weighted by molar-refractivity contribution is 5.25. The minimum Gasteiger partial charge on any atom is -0.320 e. The zero-order chi connectivity index (χ0) is 13.3. The molecule has 0 aliphatic carbocycles. The summed E-state index contributed by atoms with van der Waals surface area (Å²) in [7, 11) is 0. The van der Waals surface area contributed by atoms with Gasteiger partial charge in [0.1, 0.15) is 6.04 Å². The predicted octanol–water partition coefficient (Wildman–Crippen LogP) is 3.14. The van der Waals surface area contributed by atoms with Crippen LogP contribution in [0, 0.1) is 0 Å². The van der Waals surface area contributed by atoms with Crippen LogP contribution in [0.15, 0.2) is 24.3 Å². The summed E-state index contributed by atoms with van der Waals surface area (Å²) in [5.74, 6) is 0. The highest BCUT2D eigenvalue weighted by Crippen LogP contribution is 2.29. The molecule has 1 aromatic rings. The Morgan fingerprint density at radius 2 is 1.41 bits per heavy atom. The van der Waals surface area contributed by atoms with E-state index in [1.54, 1.807) is 0 Å². The molecule has 0 saturated heterocycles. The zero-order valence-electron chi connectivity index (χ0n) is 8.44. The van der Waals surface area contributed by atoms with E-state index in [9.17, 15) is 26.3 Å². The Morgan fingerprint density at radius 1 is 0.941 bits per heavy atom.